The van der Waals surface area contributed by atoms with Crippen LogP contribution >= 0.6 is 0 Å². The number of rotatable bonds is 3. The molecule has 0 atom stereocenters. The monoisotopic (exact) mass is 292 g/mol. The molecule has 0 spiro atoms. The number of hydrogen-bond acceptors (Lipinski definition) is 4. The number of fused-ring (bicyclic) bond motifs is 1. The van der Waals surface area contributed by atoms with E-state index in [2.05, 4.69) is 27.1 Å². The Morgan fingerprint density at radius 3 is 2.77 bits per heavy atom. The van der Waals surface area contributed by atoms with Crippen LogP contribution in [0.1, 0.15) is 0 Å². The van der Waals surface area contributed by atoms with Crippen LogP contribution in [0.5, 0.6) is 0 Å². The summed E-state index contributed by atoms with van der Waals surface area (Å²) >= 11 is 0. The van der Waals surface area contributed by atoms with E-state index in [9.17, 15) is 4.79 Å². The normalized spacial score (nSPS) is 15.0. The van der Waals surface area contributed by atoms with Gasteiger partial charge < -0.3 is 4.90 Å². The van der Waals surface area contributed by atoms with Gasteiger partial charge in [0.1, 0.15) is 0 Å². The number of nitrogens with zero attached hydrogens (tertiary/aromatic N) is 4. The molecule has 3 aromatic rings. The Bertz CT molecular complexity index is 862. The van der Waals surface area contributed by atoms with E-state index >= 15 is 0 Å². The first-order valence-electron chi connectivity index (χ1n) is 7.42. The second-order valence-corrected chi connectivity index (χ2v) is 5.66. The zero-order chi connectivity index (χ0) is 14.9. The van der Waals surface area contributed by atoms with Gasteiger partial charge in [-0.25, -0.2) is 4.68 Å². The number of anilines is 1. The number of benzene rings is 1. The van der Waals surface area contributed by atoms with Crippen LogP contribution in [-0.2, 0) is 6.54 Å². The minimum atomic E-state index is -0.0321. The minimum Gasteiger partial charge on any atom is -0.370 e. The van der Waals surface area contributed by atoms with Crippen LogP contribution in [0.25, 0.3) is 10.9 Å². The van der Waals surface area contributed by atoms with Gasteiger partial charge in [0.05, 0.1) is 12.1 Å². The van der Waals surface area contributed by atoms with Crippen molar-refractivity contribution in [2.45, 2.75) is 6.54 Å². The number of aromatic nitrogens is 3. The quantitative estimate of drug-likeness (QED) is 0.740. The molecule has 1 saturated heterocycles. The minimum absolute atomic E-state index is 0.0321. The fourth-order valence-corrected chi connectivity index (χ4v) is 3.01. The van der Waals surface area contributed by atoms with Crippen molar-refractivity contribution in [1.29, 1.82) is 0 Å². The number of hydrogen-bond donors (Lipinski definition) is 0. The summed E-state index contributed by atoms with van der Waals surface area (Å²) in [6.45, 7) is 2.56. The topological polar surface area (TPSA) is 51.0 Å². The summed E-state index contributed by atoms with van der Waals surface area (Å²) in [4.78, 5) is 18.4. The summed E-state index contributed by atoms with van der Waals surface area (Å²) in [5, 5.41) is 5.30. The summed E-state index contributed by atoms with van der Waals surface area (Å²) in [6, 6.07) is 13.5. The van der Waals surface area contributed by atoms with Gasteiger partial charge in [0, 0.05) is 48.5 Å². The Morgan fingerprint density at radius 2 is 1.91 bits per heavy atom. The molecular weight excluding hydrogens is 276 g/mol. The fourth-order valence-electron chi connectivity index (χ4n) is 3.01. The third kappa shape index (κ3) is 2.24. The van der Waals surface area contributed by atoms with Gasteiger partial charge in [-0.15, -0.1) is 0 Å². The van der Waals surface area contributed by atoms with Gasteiger partial charge >= 0.3 is 0 Å². The van der Waals surface area contributed by atoms with Gasteiger partial charge in [-0.3, -0.25) is 9.78 Å². The predicted molar refractivity (Wildman–Crippen MR) is 85.9 cm³/mol. The average Bonchev–Trinajstić information content (AvgIpc) is 2.52. The van der Waals surface area contributed by atoms with Gasteiger partial charge in [0.15, 0.2) is 0 Å². The lowest BCUT2D eigenvalue weighted by atomic mass is 9.98. The molecule has 0 radical (unpaired) electrons. The second kappa shape index (κ2) is 5.26. The summed E-state index contributed by atoms with van der Waals surface area (Å²) in [6.07, 6.45) is 3.52. The Labute approximate surface area is 127 Å². The van der Waals surface area contributed by atoms with Crippen LogP contribution in [0, 0.1) is 5.92 Å². The summed E-state index contributed by atoms with van der Waals surface area (Å²) in [7, 11) is 0. The summed E-state index contributed by atoms with van der Waals surface area (Å²) in [5.41, 5.74) is 2.20. The second-order valence-electron chi connectivity index (χ2n) is 5.66. The highest BCUT2D eigenvalue weighted by molar-refractivity contribution is 5.91. The zero-order valence-corrected chi connectivity index (χ0v) is 12.1. The Hall–Kier alpha value is -2.69. The molecule has 0 saturated carbocycles. The molecule has 5 nitrogen and oxygen atoms in total. The molecule has 22 heavy (non-hydrogen) atoms. The van der Waals surface area contributed by atoms with E-state index in [0.717, 1.165) is 18.6 Å². The lowest BCUT2D eigenvalue weighted by Crippen LogP contribution is -2.49. The van der Waals surface area contributed by atoms with E-state index in [4.69, 9.17) is 0 Å². The molecule has 3 heterocycles. The third-order valence-electron chi connectivity index (χ3n) is 4.14. The molecule has 1 aromatic carbocycles. The molecular formula is C17H16N4O. The lowest BCUT2D eigenvalue weighted by Gasteiger charge is -2.41. The first-order chi connectivity index (χ1) is 10.8. The maximum Gasteiger partial charge on any atom is 0.266 e. The summed E-state index contributed by atoms with van der Waals surface area (Å²) in [5.74, 6) is 0.458. The van der Waals surface area contributed by atoms with Crippen LogP contribution in [0.3, 0.4) is 0 Å². The number of pyridine rings is 1. The maximum atomic E-state index is 11.7. The Kier molecular flexibility index (Phi) is 3.11. The molecule has 0 N–H and O–H groups in total. The molecule has 110 valence electrons. The highest BCUT2D eigenvalue weighted by Gasteiger charge is 2.28. The van der Waals surface area contributed by atoms with Crippen LogP contribution in [0.15, 0.2) is 59.7 Å². The van der Waals surface area contributed by atoms with E-state index < -0.39 is 0 Å². The van der Waals surface area contributed by atoms with Crippen molar-refractivity contribution in [3.63, 3.8) is 0 Å². The molecule has 0 unspecified atom stereocenters. The Balaban J connectivity index is 1.51. The molecule has 1 aliphatic heterocycles. The summed E-state index contributed by atoms with van der Waals surface area (Å²) < 4.78 is 1.55. The van der Waals surface area contributed by atoms with Crippen molar-refractivity contribution >= 4 is 16.6 Å². The van der Waals surface area contributed by atoms with Crippen LogP contribution in [0.4, 0.5) is 5.69 Å². The average molecular weight is 292 g/mol. The largest absolute Gasteiger partial charge is 0.370 e. The van der Waals surface area contributed by atoms with Crippen molar-refractivity contribution in [1.82, 2.24) is 14.8 Å². The fraction of sp³-hybridized carbons (Fsp3) is 0.235. The molecule has 1 aliphatic rings. The molecule has 2 aromatic heterocycles. The molecule has 4 rings (SSSR count). The molecule has 5 heteroatoms. The highest BCUT2D eigenvalue weighted by Crippen LogP contribution is 2.30. The number of para-hydroxylation sites is 1. The molecule has 1 fully saturated rings. The van der Waals surface area contributed by atoms with Crippen molar-refractivity contribution in [2.24, 2.45) is 5.92 Å². The lowest BCUT2D eigenvalue weighted by molar-refractivity contribution is 0.335. The first kappa shape index (κ1) is 13.0. The molecule has 0 aliphatic carbocycles. The van der Waals surface area contributed by atoms with Gasteiger partial charge in [-0.05, 0) is 18.2 Å². The predicted octanol–water partition coefficient (Wildman–Crippen LogP) is 1.93. The van der Waals surface area contributed by atoms with E-state index in [1.165, 1.54) is 11.1 Å². The SMILES string of the molecule is O=c1cccnn1CC1CN(c2ccnc3ccccc23)C1. The maximum absolute atomic E-state index is 11.7. The van der Waals surface area contributed by atoms with Crippen LogP contribution < -0.4 is 10.5 Å². The molecule has 0 bridgehead atoms. The van der Waals surface area contributed by atoms with Crippen LogP contribution in [-0.4, -0.2) is 27.9 Å². The van der Waals surface area contributed by atoms with Gasteiger partial charge in [0.25, 0.3) is 5.56 Å². The van der Waals surface area contributed by atoms with Crippen molar-refractivity contribution < 1.29 is 0 Å². The van der Waals surface area contributed by atoms with Crippen molar-refractivity contribution in [3.8, 4) is 0 Å². The van der Waals surface area contributed by atoms with Crippen molar-refractivity contribution in [3.05, 3.63) is 65.2 Å². The highest BCUT2D eigenvalue weighted by atomic mass is 16.1. The van der Waals surface area contributed by atoms with Crippen LogP contribution in [0.2, 0.25) is 0 Å². The zero-order valence-electron chi connectivity index (χ0n) is 12.1. The van der Waals surface area contributed by atoms with E-state index in [-0.39, 0.29) is 5.56 Å². The first-order valence-corrected chi connectivity index (χ1v) is 7.42. The smallest absolute Gasteiger partial charge is 0.266 e. The Morgan fingerprint density at radius 1 is 1.05 bits per heavy atom. The molecule has 0 amide bonds. The standard InChI is InChI=1S/C17H16N4O/c22-17-6-3-8-19-21(17)12-13-10-20(11-13)16-7-9-18-15-5-2-1-4-14(15)16/h1-9,13H,10-12H2. The third-order valence-corrected chi connectivity index (χ3v) is 4.14. The van der Waals surface area contributed by atoms with Gasteiger partial charge in [-0.2, -0.15) is 5.10 Å². The van der Waals surface area contributed by atoms with Gasteiger partial charge in [0.2, 0.25) is 0 Å². The van der Waals surface area contributed by atoms with E-state index in [1.807, 2.05) is 24.4 Å². The van der Waals surface area contributed by atoms with Gasteiger partial charge in [-0.1, -0.05) is 18.2 Å². The van der Waals surface area contributed by atoms with Crippen molar-refractivity contribution in [2.75, 3.05) is 18.0 Å². The van der Waals surface area contributed by atoms with E-state index in [1.54, 1.807) is 23.0 Å². The van der Waals surface area contributed by atoms with E-state index in [0.29, 0.717) is 12.5 Å².